The number of benzene rings is 3. The molecule has 0 bridgehead atoms. The molecule has 9 heteroatoms. The van der Waals surface area contributed by atoms with E-state index in [1.165, 1.54) is 24.1 Å². The van der Waals surface area contributed by atoms with E-state index in [-0.39, 0.29) is 23.0 Å². The van der Waals surface area contributed by atoms with Crippen LogP contribution in [0, 0.1) is 20.8 Å². The van der Waals surface area contributed by atoms with Gasteiger partial charge in [-0.05, 0) is 74.6 Å². The zero-order chi connectivity index (χ0) is 30.2. The van der Waals surface area contributed by atoms with Crippen LogP contribution in [0.25, 0.3) is 0 Å². The number of aryl methyl sites for hydroxylation is 3. The maximum absolute atomic E-state index is 14.2. The van der Waals surface area contributed by atoms with Crippen LogP contribution in [0.2, 0.25) is 0 Å². The number of rotatable bonds is 13. The quantitative estimate of drug-likeness (QED) is 0.302. The Morgan fingerprint density at radius 1 is 0.927 bits per heavy atom. The fraction of sp³-hybridized carbons (Fsp3) is 0.375. The van der Waals surface area contributed by atoms with Crippen LogP contribution in [0.5, 0.6) is 5.75 Å². The summed E-state index contributed by atoms with van der Waals surface area (Å²) in [5, 5.41) is 2.91. The second-order valence-electron chi connectivity index (χ2n) is 10.2. The average molecular weight is 580 g/mol. The lowest BCUT2D eigenvalue weighted by atomic mass is 10.1. The van der Waals surface area contributed by atoms with Crippen molar-refractivity contribution in [2.75, 3.05) is 24.5 Å². The number of methoxy groups -OCH3 is 1. The number of hydrogen-bond acceptors (Lipinski definition) is 5. The minimum atomic E-state index is -4.19. The molecule has 0 aliphatic heterocycles. The number of ether oxygens (including phenoxy) is 1. The van der Waals surface area contributed by atoms with E-state index in [1.807, 2.05) is 65.0 Å². The third kappa shape index (κ3) is 7.67. The van der Waals surface area contributed by atoms with Gasteiger partial charge in [0, 0.05) is 13.1 Å². The van der Waals surface area contributed by atoms with E-state index >= 15 is 0 Å². The van der Waals surface area contributed by atoms with Gasteiger partial charge in [0.25, 0.3) is 10.0 Å². The van der Waals surface area contributed by atoms with Crippen molar-refractivity contribution in [2.24, 2.45) is 0 Å². The minimum Gasteiger partial charge on any atom is -0.495 e. The molecule has 8 nitrogen and oxygen atoms in total. The van der Waals surface area contributed by atoms with Gasteiger partial charge in [0.15, 0.2) is 0 Å². The van der Waals surface area contributed by atoms with Gasteiger partial charge in [0.2, 0.25) is 11.8 Å². The number of anilines is 1. The number of amides is 2. The third-order valence-electron chi connectivity index (χ3n) is 7.03. The van der Waals surface area contributed by atoms with Gasteiger partial charge in [-0.3, -0.25) is 13.9 Å². The van der Waals surface area contributed by atoms with Crippen molar-refractivity contribution < 1.29 is 22.7 Å². The van der Waals surface area contributed by atoms with Crippen LogP contribution in [0.1, 0.15) is 48.9 Å². The largest absolute Gasteiger partial charge is 0.495 e. The predicted octanol–water partition coefficient (Wildman–Crippen LogP) is 5.15. The minimum absolute atomic E-state index is 0.0534. The summed E-state index contributed by atoms with van der Waals surface area (Å²) >= 11 is 0. The Labute approximate surface area is 244 Å². The molecule has 0 saturated heterocycles. The van der Waals surface area contributed by atoms with Crippen LogP contribution in [-0.4, -0.2) is 51.4 Å². The lowest BCUT2D eigenvalue weighted by Crippen LogP contribution is -2.52. The molecule has 220 valence electrons. The van der Waals surface area contributed by atoms with Crippen LogP contribution in [0.15, 0.2) is 71.6 Å². The molecule has 3 rings (SSSR count). The molecular weight excluding hydrogens is 538 g/mol. The second-order valence-corrected chi connectivity index (χ2v) is 12.0. The van der Waals surface area contributed by atoms with Gasteiger partial charge in [0.1, 0.15) is 18.3 Å². The van der Waals surface area contributed by atoms with E-state index in [9.17, 15) is 18.0 Å². The molecule has 1 atom stereocenters. The molecule has 0 spiro atoms. The first kappa shape index (κ1) is 31.7. The third-order valence-corrected chi connectivity index (χ3v) is 8.80. The number of nitrogens with zero attached hydrogens (tertiary/aromatic N) is 2. The Balaban J connectivity index is 2.13. The lowest BCUT2D eigenvalue weighted by Gasteiger charge is -2.34. The Hall–Kier alpha value is -3.85. The Bertz CT molecular complexity index is 1450. The zero-order valence-corrected chi connectivity index (χ0v) is 25.6. The van der Waals surface area contributed by atoms with Gasteiger partial charge < -0.3 is 15.0 Å². The molecule has 0 fully saturated rings. The molecule has 0 aliphatic carbocycles. The highest BCUT2D eigenvalue weighted by molar-refractivity contribution is 7.92. The summed E-state index contributed by atoms with van der Waals surface area (Å²) in [6.45, 7) is 9.60. The Kier molecular flexibility index (Phi) is 10.9. The summed E-state index contributed by atoms with van der Waals surface area (Å²) < 4.78 is 34.9. The zero-order valence-electron chi connectivity index (χ0n) is 24.8. The summed E-state index contributed by atoms with van der Waals surface area (Å²) in [7, 11) is -2.73. The first-order valence-corrected chi connectivity index (χ1v) is 15.3. The molecule has 1 N–H and O–H groups in total. The van der Waals surface area contributed by atoms with Gasteiger partial charge >= 0.3 is 0 Å². The molecule has 0 heterocycles. The Morgan fingerprint density at radius 3 is 2.20 bits per heavy atom. The standard InChI is InChI=1S/C32H41N3O5S/c1-7-19-33-32(37)28(8-2)34(21-26-12-10-9-11-25(26)5)31(36)22-35(29-20-24(4)15-18-30(29)40-6)41(38,39)27-16-13-23(3)14-17-27/h9-18,20,28H,7-8,19,21-22H2,1-6H3,(H,33,37). The number of sulfonamides is 1. The van der Waals surface area contributed by atoms with E-state index in [4.69, 9.17) is 4.74 Å². The Morgan fingerprint density at radius 2 is 1.59 bits per heavy atom. The van der Waals surface area contributed by atoms with Crippen molar-refractivity contribution in [3.05, 3.63) is 89.0 Å². The van der Waals surface area contributed by atoms with Crippen LogP contribution < -0.4 is 14.4 Å². The van der Waals surface area contributed by atoms with E-state index < -0.39 is 28.5 Å². The van der Waals surface area contributed by atoms with Crippen LogP contribution in [0.3, 0.4) is 0 Å². The SMILES string of the molecule is CCCNC(=O)C(CC)N(Cc1ccccc1C)C(=O)CN(c1cc(C)ccc1OC)S(=O)(=O)c1ccc(C)cc1. The van der Waals surface area contributed by atoms with Crippen molar-refractivity contribution in [3.63, 3.8) is 0 Å². The fourth-order valence-electron chi connectivity index (χ4n) is 4.60. The van der Waals surface area contributed by atoms with E-state index in [0.717, 1.165) is 33.0 Å². The first-order chi connectivity index (χ1) is 19.5. The van der Waals surface area contributed by atoms with Crippen molar-refractivity contribution in [1.82, 2.24) is 10.2 Å². The number of hydrogen-bond donors (Lipinski definition) is 1. The van der Waals surface area contributed by atoms with Gasteiger partial charge in [-0.1, -0.05) is 61.9 Å². The highest BCUT2D eigenvalue weighted by atomic mass is 32.2. The summed E-state index contributed by atoms with van der Waals surface area (Å²) in [5.74, 6) is -0.444. The van der Waals surface area contributed by atoms with Crippen molar-refractivity contribution >= 4 is 27.5 Å². The highest BCUT2D eigenvalue weighted by Gasteiger charge is 2.35. The summed E-state index contributed by atoms with van der Waals surface area (Å²) in [5.41, 5.74) is 3.82. The van der Waals surface area contributed by atoms with Gasteiger partial charge in [0.05, 0.1) is 17.7 Å². The molecule has 0 aliphatic rings. The number of carbonyl (C=O) groups excluding carboxylic acids is 2. The predicted molar refractivity (Wildman–Crippen MR) is 163 cm³/mol. The molecule has 0 aromatic heterocycles. The summed E-state index contributed by atoms with van der Waals surface area (Å²) in [4.78, 5) is 29.0. The lowest BCUT2D eigenvalue weighted by molar-refractivity contribution is -0.140. The topological polar surface area (TPSA) is 96.0 Å². The molecule has 41 heavy (non-hydrogen) atoms. The average Bonchev–Trinajstić information content (AvgIpc) is 2.95. The molecule has 0 radical (unpaired) electrons. The molecule has 3 aromatic rings. The summed E-state index contributed by atoms with van der Waals surface area (Å²) in [6.07, 6.45) is 1.12. The van der Waals surface area contributed by atoms with E-state index in [2.05, 4.69) is 5.32 Å². The molecule has 1 unspecified atom stereocenters. The summed E-state index contributed by atoms with van der Waals surface area (Å²) in [6, 6.07) is 18.6. The monoisotopic (exact) mass is 579 g/mol. The van der Waals surface area contributed by atoms with Crippen molar-refractivity contribution in [1.29, 1.82) is 0 Å². The van der Waals surface area contributed by atoms with Crippen LogP contribution >= 0.6 is 0 Å². The second kappa shape index (κ2) is 14.2. The maximum atomic E-state index is 14.2. The van der Waals surface area contributed by atoms with Crippen LogP contribution in [0.4, 0.5) is 5.69 Å². The van der Waals surface area contributed by atoms with E-state index in [0.29, 0.717) is 18.7 Å². The highest BCUT2D eigenvalue weighted by Crippen LogP contribution is 2.34. The normalized spacial score (nSPS) is 12.0. The van der Waals surface area contributed by atoms with Crippen molar-refractivity contribution in [2.45, 2.75) is 64.9 Å². The molecular formula is C32H41N3O5S. The molecule has 0 saturated carbocycles. The molecule has 2 amide bonds. The molecule has 3 aromatic carbocycles. The fourth-order valence-corrected chi connectivity index (χ4v) is 6.02. The van der Waals surface area contributed by atoms with Gasteiger partial charge in [-0.15, -0.1) is 0 Å². The number of carbonyl (C=O) groups is 2. The van der Waals surface area contributed by atoms with Crippen LogP contribution in [-0.2, 0) is 26.2 Å². The number of nitrogens with one attached hydrogen (secondary N) is 1. The smallest absolute Gasteiger partial charge is 0.264 e. The first-order valence-electron chi connectivity index (χ1n) is 13.9. The van der Waals surface area contributed by atoms with E-state index in [1.54, 1.807) is 24.3 Å². The van der Waals surface area contributed by atoms with Crippen molar-refractivity contribution in [3.8, 4) is 5.75 Å². The van der Waals surface area contributed by atoms with Gasteiger partial charge in [-0.25, -0.2) is 8.42 Å². The van der Waals surface area contributed by atoms with Gasteiger partial charge in [-0.2, -0.15) is 0 Å². The maximum Gasteiger partial charge on any atom is 0.264 e.